The van der Waals surface area contributed by atoms with Gasteiger partial charge < -0.3 is 20.4 Å². The Bertz CT molecular complexity index is 667. The fourth-order valence-electron chi connectivity index (χ4n) is 2.66. The van der Waals surface area contributed by atoms with Gasteiger partial charge in [0.1, 0.15) is 6.07 Å². The molecule has 3 heterocycles. The summed E-state index contributed by atoms with van der Waals surface area (Å²) in [6.45, 7) is 3.30. The number of piperidine rings is 1. The van der Waals surface area contributed by atoms with Crippen LogP contribution in [0.5, 0.6) is 0 Å². The number of hydrogen-bond donors (Lipinski definition) is 3. The van der Waals surface area contributed by atoms with Crippen molar-refractivity contribution in [1.82, 2.24) is 10.3 Å². The highest BCUT2D eigenvalue weighted by Gasteiger charge is 2.35. The van der Waals surface area contributed by atoms with Crippen LogP contribution in [-0.4, -0.2) is 52.8 Å². The molecule has 0 aromatic carbocycles. The SMILES string of the molecule is N#Cc1cncc(N2CC[C@@H]3CN[C@@H]3C2)c1.O=C(O)C=CC(=O)O. The second kappa shape index (κ2) is 8.08. The molecule has 1 aromatic heterocycles. The molecule has 2 saturated heterocycles. The van der Waals surface area contributed by atoms with Crippen molar-refractivity contribution in [3.63, 3.8) is 0 Å². The number of hydrogen-bond acceptors (Lipinski definition) is 6. The first-order valence-corrected chi connectivity index (χ1v) is 7.47. The topological polar surface area (TPSA) is 127 Å². The summed E-state index contributed by atoms with van der Waals surface area (Å²) in [4.78, 5) is 25.5. The lowest BCUT2D eigenvalue weighted by atomic mass is 9.85. The van der Waals surface area contributed by atoms with Gasteiger partial charge in [0.05, 0.1) is 17.4 Å². The van der Waals surface area contributed by atoms with Gasteiger partial charge in [-0.3, -0.25) is 4.98 Å². The summed E-state index contributed by atoms with van der Waals surface area (Å²) < 4.78 is 0. The van der Waals surface area contributed by atoms with Crippen molar-refractivity contribution < 1.29 is 19.8 Å². The lowest BCUT2D eigenvalue weighted by Gasteiger charge is -2.47. The smallest absolute Gasteiger partial charge is 0.328 e. The van der Waals surface area contributed by atoms with Gasteiger partial charge in [-0.2, -0.15) is 5.26 Å². The molecule has 0 amide bonds. The second-order valence-corrected chi connectivity index (χ2v) is 5.56. The largest absolute Gasteiger partial charge is 0.478 e. The molecule has 126 valence electrons. The predicted octanol–water partition coefficient (Wildman–Crippen LogP) is 0.463. The van der Waals surface area contributed by atoms with Crippen LogP contribution >= 0.6 is 0 Å². The number of aromatic nitrogens is 1. The summed E-state index contributed by atoms with van der Waals surface area (Å²) in [5.41, 5.74) is 1.72. The number of nitrogens with zero attached hydrogens (tertiary/aromatic N) is 3. The Morgan fingerprint density at radius 2 is 2.04 bits per heavy atom. The Labute approximate surface area is 139 Å². The van der Waals surface area contributed by atoms with E-state index in [9.17, 15) is 9.59 Å². The summed E-state index contributed by atoms with van der Waals surface area (Å²) in [6, 6.07) is 4.70. The zero-order chi connectivity index (χ0) is 17.5. The number of nitriles is 1. The van der Waals surface area contributed by atoms with E-state index in [4.69, 9.17) is 15.5 Å². The average molecular weight is 330 g/mol. The number of carboxylic acids is 2. The van der Waals surface area contributed by atoms with Crippen molar-refractivity contribution in [1.29, 1.82) is 5.26 Å². The van der Waals surface area contributed by atoms with Crippen LogP contribution in [0.15, 0.2) is 30.6 Å². The number of aliphatic carboxylic acids is 2. The number of fused-ring (bicyclic) bond motifs is 1. The lowest BCUT2D eigenvalue weighted by molar-refractivity contribution is -0.134. The number of rotatable bonds is 3. The number of carboxylic acid groups (broad SMARTS) is 2. The highest BCUT2D eigenvalue weighted by molar-refractivity contribution is 5.89. The molecular weight excluding hydrogens is 312 g/mol. The van der Waals surface area contributed by atoms with Crippen molar-refractivity contribution in [3.8, 4) is 6.07 Å². The van der Waals surface area contributed by atoms with Crippen LogP contribution in [0.2, 0.25) is 0 Å². The summed E-state index contributed by atoms with van der Waals surface area (Å²) in [5.74, 6) is -1.65. The number of carbonyl (C=O) groups is 2. The van der Waals surface area contributed by atoms with Crippen LogP contribution in [0.25, 0.3) is 0 Å². The molecule has 8 heteroatoms. The van der Waals surface area contributed by atoms with Gasteiger partial charge >= 0.3 is 11.9 Å². The molecule has 2 aliphatic rings. The zero-order valence-electron chi connectivity index (χ0n) is 12.9. The zero-order valence-corrected chi connectivity index (χ0v) is 12.9. The average Bonchev–Trinajstić information content (AvgIpc) is 2.55. The van der Waals surface area contributed by atoms with E-state index in [1.807, 2.05) is 12.3 Å². The highest BCUT2D eigenvalue weighted by Crippen LogP contribution is 2.27. The molecule has 2 fully saturated rings. The molecular formula is C16H18N4O4. The Morgan fingerprint density at radius 3 is 2.54 bits per heavy atom. The van der Waals surface area contributed by atoms with E-state index >= 15 is 0 Å². The maximum Gasteiger partial charge on any atom is 0.328 e. The van der Waals surface area contributed by atoms with E-state index in [0.717, 1.165) is 24.7 Å². The maximum absolute atomic E-state index is 9.55. The number of nitrogens with one attached hydrogen (secondary N) is 1. The molecule has 3 N–H and O–H groups in total. The summed E-state index contributed by atoms with van der Waals surface area (Å²) in [7, 11) is 0. The normalized spacial score (nSPS) is 21.7. The first kappa shape index (κ1) is 17.4. The first-order valence-electron chi connectivity index (χ1n) is 7.47. The van der Waals surface area contributed by atoms with E-state index in [2.05, 4.69) is 21.3 Å². The molecule has 1 aromatic rings. The van der Waals surface area contributed by atoms with Crippen LogP contribution < -0.4 is 10.2 Å². The molecule has 0 aliphatic carbocycles. The van der Waals surface area contributed by atoms with Crippen molar-refractivity contribution in [2.24, 2.45) is 5.92 Å². The fraction of sp³-hybridized carbons (Fsp3) is 0.375. The van der Waals surface area contributed by atoms with Crippen LogP contribution in [0, 0.1) is 17.2 Å². The van der Waals surface area contributed by atoms with Crippen LogP contribution in [0.1, 0.15) is 12.0 Å². The van der Waals surface area contributed by atoms with Gasteiger partial charge in [0.25, 0.3) is 0 Å². The molecule has 0 spiro atoms. The van der Waals surface area contributed by atoms with Crippen LogP contribution in [0.3, 0.4) is 0 Å². The maximum atomic E-state index is 9.55. The predicted molar refractivity (Wildman–Crippen MR) is 85.5 cm³/mol. The monoisotopic (exact) mass is 330 g/mol. The summed E-state index contributed by atoms with van der Waals surface area (Å²) >= 11 is 0. The van der Waals surface area contributed by atoms with Crippen molar-refractivity contribution >= 4 is 17.6 Å². The molecule has 0 saturated carbocycles. The third-order valence-electron chi connectivity index (χ3n) is 3.98. The molecule has 24 heavy (non-hydrogen) atoms. The second-order valence-electron chi connectivity index (χ2n) is 5.56. The Morgan fingerprint density at radius 1 is 1.33 bits per heavy atom. The molecule has 0 radical (unpaired) electrons. The van der Waals surface area contributed by atoms with E-state index in [1.54, 1.807) is 6.20 Å². The third kappa shape index (κ3) is 4.79. The summed E-state index contributed by atoms with van der Waals surface area (Å²) in [5, 5.41) is 27.9. The standard InChI is InChI=1S/C12H14N4.C4H4O4/c13-4-9-3-11(7-14-5-9)16-2-1-10-6-15-12(10)8-16;5-3(6)1-2-4(7)8/h3,5,7,10,12,15H,1-2,6,8H2;1-2H,(H,5,6)(H,7,8)/t10-,12-;/m1./s1. The molecule has 2 aliphatic heterocycles. The van der Waals surface area contributed by atoms with Gasteiger partial charge in [-0.15, -0.1) is 0 Å². The first-order chi connectivity index (χ1) is 11.5. The molecule has 8 nitrogen and oxygen atoms in total. The Hall–Kier alpha value is -2.92. The van der Waals surface area contributed by atoms with E-state index in [1.165, 1.54) is 13.0 Å². The minimum absolute atomic E-state index is 0.558. The lowest BCUT2D eigenvalue weighted by Crippen LogP contribution is -2.62. The van der Waals surface area contributed by atoms with Crippen LogP contribution in [0.4, 0.5) is 5.69 Å². The number of anilines is 1. The van der Waals surface area contributed by atoms with E-state index in [-0.39, 0.29) is 0 Å². The fourth-order valence-corrected chi connectivity index (χ4v) is 2.66. The molecule has 0 bridgehead atoms. The van der Waals surface area contributed by atoms with Gasteiger partial charge in [-0.25, -0.2) is 9.59 Å². The van der Waals surface area contributed by atoms with Crippen molar-refractivity contribution in [3.05, 3.63) is 36.2 Å². The number of pyridine rings is 1. The van der Waals surface area contributed by atoms with Gasteiger partial charge in [0.15, 0.2) is 0 Å². The minimum Gasteiger partial charge on any atom is -0.478 e. The van der Waals surface area contributed by atoms with E-state index < -0.39 is 11.9 Å². The van der Waals surface area contributed by atoms with E-state index in [0.29, 0.717) is 23.8 Å². The molecule has 0 unspecified atom stereocenters. The van der Waals surface area contributed by atoms with Gasteiger partial charge in [0, 0.05) is 37.5 Å². The van der Waals surface area contributed by atoms with Gasteiger partial charge in [-0.05, 0) is 24.9 Å². The molecule has 3 rings (SSSR count). The molecule has 2 atom stereocenters. The summed E-state index contributed by atoms with van der Waals surface area (Å²) in [6.07, 6.45) is 5.82. The van der Waals surface area contributed by atoms with Crippen molar-refractivity contribution in [2.45, 2.75) is 12.5 Å². The van der Waals surface area contributed by atoms with Gasteiger partial charge in [0.2, 0.25) is 0 Å². The Balaban J connectivity index is 0.000000224. The highest BCUT2D eigenvalue weighted by atomic mass is 16.4. The van der Waals surface area contributed by atoms with Crippen molar-refractivity contribution in [2.75, 3.05) is 24.5 Å². The quantitative estimate of drug-likeness (QED) is 0.682. The Kier molecular flexibility index (Phi) is 5.87. The minimum atomic E-state index is -1.26. The van der Waals surface area contributed by atoms with Crippen LogP contribution in [-0.2, 0) is 9.59 Å². The third-order valence-corrected chi connectivity index (χ3v) is 3.98. The van der Waals surface area contributed by atoms with Gasteiger partial charge in [-0.1, -0.05) is 0 Å².